The monoisotopic (exact) mass is 322 g/mol. The number of aromatic nitrogens is 1. The van der Waals surface area contributed by atoms with E-state index in [1.807, 2.05) is 26.0 Å². The number of nitrogens with zero attached hydrogens (tertiary/aromatic N) is 2. The van der Waals surface area contributed by atoms with Crippen molar-refractivity contribution in [2.45, 2.75) is 33.7 Å². The number of rotatable bonds is 5. The average molecular weight is 322 g/mol. The molecule has 0 spiro atoms. The molecule has 0 aliphatic heterocycles. The quantitative estimate of drug-likeness (QED) is 0.463. The highest BCUT2D eigenvalue weighted by atomic mass is 16.5. The third-order valence-electron chi connectivity index (χ3n) is 4.06. The Morgan fingerprint density at radius 3 is 2.50 bits per heavy atom. The van der Waals surface area contributed by atoms with E-state index in [0.29, 0.717) is 17.4 Å². The highest BCUT2D eigenvalue weighted by molar-refractivity contribution is 6.15. The van der Waals surface area contributed by atoms with Crippen molar-refractivity contribution in [1.82, 2.24) is 4.57 Å². The molecule has 0 aliphatic rings. The van der Waals surface area contributed by atoms with Gasteiger partial charge in [0.1, 0.15) is 17.4 Å². The van der Waals surface area contributed by atoms with Crippen LogP contribution in [0.4, 0.5) is 0 Å². The number of hydrogen-bond acceptors (Lipinski definition) is 3. The molecule has 0 unspecified atom stereocenters. The smallest absolute Gasteiger partial charge is 0.207 e. The second-order valence-electron chi connectivity index (χ2n) is 5.99. The molecule has 0 atom stereocenters. The predicted molar refractivity (Wildman–Crippen MR) is 95.2 cm³/mol. The largest absolute Gasteiger partial charge is 0.496 e. The Morgan fingerprint density at radius 2 is 1.96 bits per heavy atom. The zero-order chi connectivity index (χ0) is 17.9. The first-order valence-corrected chi connectivity index (χ1v) is 7.88. The van der Waals surface area contributed by atoms with Gasteiger partial charge in [0.2, 0.25) is 5.78 Å². The minimum absolute atomic E-state index is 0.100. The third kappa shape index (κ3) is 3.26. The fourth-order valence-electron chi connectivity index (χ4n) is 3.02. The van der Waals surface area contributed by atoms with E-state index < -0.39 is 0 Å². The first-order valence-electron chi connectivity index (χ1n) is 7.88. The van der Waals surface area contributed by atoms with Gasteiger partial charge in [0.25, 0.3) is 0 Å². The highest BCUT2D eigenvalue weighted by Crippen LogP contribution is 2.25. The Morgan fingerprint density at radius 1 is 1.29 bits per heavy atom. The number of carbonyl (C=O) groups excluding carboxylic acids is 1. The van der Waals surface area contributed by atoms with Gasteiger partial charge in [0.05, 0.1) is 12.7 Å². The predicted octanol–water partition coefficient (Wildman–Crippen LogP) is 4.48. The number of benzene rings is 1. The van der Waals surface area contributed by atoms with E-state index in [0.717, 1.165) is 17.0 Å². The molecule has 124 valence electrons. The summed E-state index contributed by atoms with van der Waals surface area (Å²) in [6.45, 7) is 8.25. The fourth-order valence-corrected chi connectivity index (χ4v) is 3.02. The molecule has 4 nitrogen and oxygen atoms in total. The molecule has 24 heavy (non-hydrogen) atoms. The maximum Gasteiger partial charge on any atom is 0.207 e. The van der Waals surface area contributed by atoms with Crippen LogP contribution >= 0.6 is 0 Å². The van der Waals surface area contributed by atoms with E-state index in [9.17, 15) is 10.1 Å². The van der Waals surface area contributed by atoms with Crippen LogP contribution in [-0.2, 0) is 0 Å². The van der Waals surface area contributed by atoms with Crippen molar-refractivity contribution < 1.29 is 9.53 Å². The summed E-state index contributed by atoms with van der Waals surface area (Å²) in [6, 6.07) is 11.3. The van der Waals surface area contributed by atoms with Gasteiger partial charge in [-0.3, -0.25) is 4.79 Å². The number of allylic oxidation sites excluding steroid dienone is 1. The van der Waals surface area contributed by atoms with Crippen LogP contribution in [0, 0.1) is 25.2 Å². The van der Waals surface area contributed by atoms with Crippen LogP contribution in [0.5, 0.6) is 5.75 Å². The number of ketones is 1. The Balaban J connectivity index is 2.49. The molecular weight excluding hydrogens is 300 g/mol. The van der Waals surface area contributed by atoms with Gasteiger partial charge in [-0.05, 0) is 57.5 Å². The van der Waals surface area contributed by atoms with E-state index in [2.05, 4.69) is 18.4 Å². The van der Waals surface area contributed by atoms with Crippen molar-refractivity contribution in [2.24, 2.45) is 0 Å². The second-order valence-corrected chi connectivity index (χ2v) is 5.99. The normalized spacial score (nSPS) is 11.5. The molecular formula is C20H22N2O2. The van der Waals surface area contributed by atoms with Gasteiger partial charge in [0.15, 0.2) is 0 Å². The Labute approximate surface area is 143 Å². The van der Waals surface area contributed by atoms with Crippen molar-refractivity contribution in [1.29, 1.82) is 5.26 Å². The third-order valence-corrected chi connectivity index (χ3v) is 4.06. The average Bonchev–Trinajstić information content (AvgIpc) is 2.85. The molecule has 0 bridgehead atoms. The first kappa shape index (κ1) is 17.6. The van der Waals surface area contributed by atoms with E-state index in [1.54, 1.807) is 30.3 Å². The van der Waals surface area contributed by atoms with Crippen molar-refractivity contribution >= 4 is 11.9 Å². The number of ether oxygens (including phenoxy) is 1. The topological polar surface area (TPSA) is 55.0 Å². The summed E-state index contributed by atoms with van der Waals surface area (Å²) in [7, 11) is 1.51. The molecule has 2 rings (SSSR count). The summed E-state index contributed by atoms with van der Waals surface area (Å²) in [6.07, 6.45) is 1.66. The molecule has 4 heteroatoms. The lowest BCUT2D eigenvalue weighted by atomic mass is 10.0. The number of Topliss-reactive ketones (excluding diaryl/α,β-unsaturated/α-hetero) is 1. The summed E-state index contributed by atoms with van der Waals surface area (Å²) in [5.41, 5.74) is 3.54. The van der Waals surface area contributed by atoms with Gasteiger partial charge in [0, 0.05) is 17.4 Å². The molecule has 0 saturated carbocycles. The zero-order valence-corrected chi connectivity index (χ0v) is 14.8. The lowest BCUT2D eigenvalue weighted by Gasteiger charge is -2.13. The van der Waals surface area contributed by atoms with Gasteiger partial charge in [-0.15, -0.1) is 0 Å². The number of para-hydroxylation sites is 1. The summed E-state index contributed by atoms with van der Waals surface area (Å²) in [5.74, 6) is 0.139. The summed E-state index contributed by atoms with van der Waals surface area (Å²) in [5, 5.41) is 9.47. The van der Waals surface area contributed by atoms with Gasteiger partial charge >= 0.3 is 0 Å². The molecule has 0 fully saturated rings. The van der Waals surface area contributed by atoms with Crippen LogP contribution < -0.4 is 4.74 Å². The number of nitriles is 1. The van der Waals surface area contributed by atoms with E-state index >= 15 is 0 Å². The van der Waals surface area contributed by atoms with Crippen LogP contribution in [0.2, 0.25) is 0 Å². The molecule has 0 N–H and O–H groups in total. The van der Waals surface area contributed by atoms with Crippen molar-refractivity contribution in [3.8, 4) is 11.8 Å². The van der Waals surface area contributed by atoms with Gasteiger partial charge < -0.3 is 9.30 Å². The SMILES string of the molecule is COc1ccccc1C(=O)/C(C#N)=C/c1cc(C)n(C(C)C)c1C. The molecule has 0 amide bonds. The molecule has 1 aromatic carbocycles. The van der Waals surface area contributed by atoms with Crippen LogP contribution in [0.15, 0.2) is 35.9 Å². The van der Waals surface area contributed by atoms with Crippen LogP contribution in [0.25, 0.3) is 6.08 Å². The number of aryl methyl sites for hydroxylation is 1. The van der Waals surface area contributed by atoms with Crippen LogP contribution in [0.1, 0.15) is 47.2 Å². The van der Waals surface area contributed by atoms with Crippen molar-refractivity contribution in [2.75, 3.05) is 7.11 Å². The molecule has 2 aromatic rings. The minimum atomic E-state index is -0.329. The summed E-state index contributed by atoms with van der Waals surface area (Å²) in [4.78, 5) is 12.7. The standard InChI is InChI=1S/C20H22N2O2/c1-13(2)22-14(3)10-16(15(22)4)11-17(12-21)20(23)18-8-6-7-9-19(18)24-5/h6-11,13H,1-5H3/b17-11+. The highest BCUT2D eigenvalue weighted by Gasteiger charge is 2.18. The van der Waals surface area contributed by atoms with Gasteiger partial charge in [-0.25, -0.2) is 0 Å². The summed E-state index contributed by atoms with van der Waals surface area (Å²) < 4.78 is 7.42. The van der Waals surface area contributed by atoms with E-state index in [-0.39, 0.29) is 11.4 Å². The van der Waals surface area contributed by atoms with E-state index in [1.165, 1.54) is 7.11 Å². The van der Waals surface area contributed by atoms with Gasteiger partial charge in [-0.2, -0.15) is 5.26 Å². The lowest BCUT2D eigenvalue weighted by molar-refractivity contribution is 0.103. The molecule has 1 heterocycles. The molecule has 1 aromatic heterocycles. The molecule has 0 saturated heterocycles. The van der Waals surface area contributed by atoms with Gasteiger partial charge in [-0.1, -0.05) is 12.1 Å². The zero-order valence-electron chi connectivity index (χ0n) is 14.8. The lowest BCUT2D eigenvalue weighted by Crippen LogP contribution is -2.06. The summed E-state index contributed by atoms with van der Waals surface area (Å²) >= 11 is 0. The minimum Gasteiger partial charge on any atom is -0.496 e. The Hall–Kier alpha value is -2.80. The van der Waals surface area contributed by atoms with Crippen molar-refractivity contribution in [3.05, 3.63) is 58.4 Å². The second kappa shape index (κ2) is 7.18. The van der Waals surface area contributed by atoms with Crippen LogP contribution in [-0.4, -0.2) is 17.5 Å². The van der Waals surface area contributed by atoms with E-state index in [4.69, 9.17) is 4.74 Å². The number of carbonyl (C=O) groups is 1. The molecule has 0 aliphatic carbocycles. The number of hydrogen-bond donors (Lipinski definition) is 0. The van der Waals surface area contributed by atoms with Crippen LogP contribution in [0.3, 0.4) is 0 Å². The number of methoxy groups -OCH3 is 1. The first-order chi connectivity index (χ1) is 11.4. The Kier molecular flexibility index (Phi) is 5.25. The fraction of sp³-hybridized carbons (Fsp3) is 0.300. The Bertz CT molecular complexity index is 836. The maximum absolute atomic E-state index is 12.7. The maximum atomic E-state index is 12.7. The molecule has 0 radical (unpaired) electrons. The van der Waals surface area contributed by atoms with Crippen molar-refractivity contribution in [3.63, 3.8) is 0 Å².